The maximum absolute atomic E-state index is 12.6. The first-order chi connectivity index (χ1) is 14.4. The van der Waals surface area contributed by atoms with Crippen LogP contribution in [0.25, 0.3) is 0 Å². The zero-order valence-corrected chi connectivity index (χ0v) is 17.5. The number of hydrogen-bond donors (Lipinski definition) is 2. The number of carbonyl (C=O) groups is 1. The standard InChI is InChI=1S/C21H19ClN2O5S/c1-28-19-7-2-3-8-20(19)29-14-21(25)23-17-5-4-6-18(13-17)30(26,27)24-16-11-9-15(22)10-12-16/h2-13,24H,14H2,1H3,(H,23,25). The molecule has 0 heterocycles. The zero-order chi connectivity index (χ0) is 21.6. The average molecular weight is 447 g/mol. The van der Waals surface area contributed by atoms with Crippen LogP contribution in [0.2, 0.25) is 5.02 Å². The van der Waals surface area contributed by atoms with Crippen LogP contribution in [-0.2, 0) is 14.8 Å². The molecular weight excluding hydrogens is 428 g/mol. The number of benzene rings is 3. The number of para-hydroxylation sites is 2. The first-order valence-corrected chi connectivity index (χ1v) is 10.7. The maximum Gasteiger partial charge on any atom is 0.262 e. The largest absolute Gasteiger partial charge is 0.493 e. The predicted molar refractivity (Wildman–Crippen MR) is 116 cm³/mol. The van der Waals surface area contributed by atoms with Crippen LogP contribution in [0, 0.1) is 0 Å². The molecule has 156 valence electrons. The summed E-state index contributed by atoms with van der Waals surface area (Å²) in [7, 11) is -2.33. The molecule has 0 spiro atoms. The van der Waals surface area contributed by atoms with E-state index in [9.17, 15) is 13.2 Å². The van der Waals surface area contributed by atoms with E-state index in [1.165, 1.54) is 25.3 Å². The smallest absolute Gasteiger partial charge is 0.262 e. The van der Waals surface area contributed by atoms with E-state index in [0.29, 0.717) is 27.9 Å². The van der Waals surface area contributed by atoms with Crippen molar-refractivity contribution in [1.29, 1.82) is 0 Å². The van der Waals surface area contributed by atoms with Gasteiger partial charge >= 0.3 is 0 Å². The van der Waals surface area contributed by atoms with Gasteiger partial charge in [0.1, 0.15) is 0 Å². The van der Waals surface area contributed by atoms with Crippen molar-refractivity contribution in [3.05, 3.63) is 77.8 Å². The van der Waals surface area contributed by atoms with E-state index >= 15 is 0 Å². The highest BCUT2D eigenvalue weighted by molar-refractivity contribution is 7.92. The van der Waals surface area contributed by atoms with E-state index in [1.807, 2.05) is 0 Å². The van der Waals surface area contributed by atoms with E-state index in [0.717, 1.165) is 0 Å². The fourth-order valence-electron chi connectivity index (χ4n) is 2.55. The highest BCUT2D eigenvalue weighted by Gasteiger charge is 2.15. The second kappa shape index (κ2) is 9.51. The Bertz CT molecular complexity index is 1130. The predicted octanol–water partition coefficient (Wildman–Crippen LogP) is 4.17. The first kappa shape index (κ1) is 21.5. The third kappa shape index (κ3) is 5.65. The Morgan fingerprint density at radius 1 is 0.933 bits per heavy atom. The van der Waals surface area contributed by atoms with Gasteiger partial charge in [-0.1, -0.05) is 29.8 Å². The molecule has 0 aliphatic heterocycles. The molecule has 2 N–H and O–H groups in total. The van der Waals surface area contributed by atoms with Crippen molar-refractivity contribution in [1.82, 2.24) is 0 Å². The number of anilines is 2. The van der Waals surface area contributed by atoms with Gasteiger partial charge < -0.3 is 14.8 Å². The normalized spacial score (nSPS) is 10.9. The van der Waals surface area contributed by atoms with Gasteiger partial charge in [0.05, 0.1) is 12.0 Å². The average Bonchev–Trinajstić information content (AvgIpc) is 2.74. The summed E-state index contributed by atoms with van der Waals surface area (Å²) in [6.45, 7) is -0.264. The fraction of sp³-hybridized carbons (Fsp3) is 0.0952. The highest BCUT2D eigenvalue weighted by atomic mass is 35.5. The molecule has 0 fully saturated rings. The Kier molecular flexibility index (Phi) is 6.81. The molecule has 0 aliphatic carbocycles. The molecule has 0 atom stereocenters. The third-order valence-electron chi connectivity index (χ3n) is 3.95. The molecule has 3 aromatic carbocycles. The number of ether oxygens (including phenoxy) is 2. The number of carbonyl (C=O) groups excluding carboxylic acids is 1. The maximum atomic E-state index is 12.6. The molecular formula is C21H19ClN2O5S. The van der Waals surface area contributed by atoms with Crippen molar-refractivity contribution < 1.29 is 22.7 Å². The van der Waals surface area contributed by atoms with E-state index in [2.05, 4.69) is 10.0 Å². The molecule has 0 radical (unpaired) electrons. The summed E-state index contributed by atoms with van der Waals surface area (Å²) < 4.78 is 38.3. The Labute approximate surface area is 179 Å². The molecule has 0 aromatic heterocycles. The summed E-state index contributed by atoms with van der Waals surface area (Å²) in [6.07, 6.45) is 0. The quantitative estimate of drug-likeness (QED) is 0.541. The van der Waals surface area contributed by atoms with Crippen LogP contribution >= 0.6 is 11.6 Å². The topological polar surface area (TPSA) is 93.7 Å². The Morgan fingerprint density at radius 3 is 2.33 bits per heavy atom. The molecule has 3 aromatic rings. The van der Waals surface area contributed by atoms with Crippen LogP contribution in [0.5, 0.6) is 11.5 Å². The SMILES string of the molecule is COc1ccccc1OCC(=O)Nc1cccc(S(=O)(=O)Nc2ccc(Cl)cc2)c1. The van der Waals surface area contributed by atoms with Crippen molar-refractivity contribution in [2.75, 3.05) is 23.8 Å². The number of hydrogen-bond acceptors (Lipinski definition) is 5. The molecule has 1 amide bonds. The van der Waals surface area contributed by atoms with Gasteiger partial charge in [-0.15, -0.1) is 0 Å². The van der Waals surface area contributed by atoms with Gasteiger partial charge in [0, 0.05) is 16.4 Å². The lowest BCUT2D eigenvalue weighted by molar-refractivity contribution is -0.118. The molecule has 0 bridgehead atoms. The minimum absolute atomic E-state index is 0.000831. The first-order valence-electron chi connectivity index (χ1n) is 8.81. The van der Waals surface area contributed by atoms with Crippen molar-refractivity contribution in [3.8, 4) is 11.5 Å². The van der Waals surface area contributed by atoms with Crippen molar-refractivity contribution >= 4 is 38.9 Å². The summed E-state index contributed by atoms with van der Waals surface area (Å²) in [5.74, 6) is 0.492. The summed E-state index contributed by atoms with van der Waals surface area (Å²) in [5.41, 5.74) is 0.696. The summed E-state index contributed by atoms with van der Waals surface area (Å²) >= 11 is 5.82. The number of methoxy groups -OCH3 is 1. The van der Waals surface area contributed by atoms with Gasteiger partial charge in [-0.05, 0) is 54.6 Å². The zero-order valence-electron chi connectivity index (χ0n) is 16.0. The summed E-state index contributed by atoms with van der Waals surface area (Å²) in [5, 5.41) is 3.12. The lowest BCUT2D eigenvalue weighted by Crippen LogP contribution is -2.20. The number of halogens is 1. The van der Waals surface area contributed by atoms with Gasteiger partial charge in [0.15, 0.2) is 18.1 Å². The van der Waals surface area contributed by atoms with Gasteiger partial charge in [-0.3, -0.25) is 9.52 Å². The van der Waals surface area contributed by atoms with Crippen LogP contribution in [0.15, 0.2) is 77.7 Å². The molecule has 0 aliphatic rings. The van der Waals surface area contributed by atoms with Crippen molar-refractivity contribution in [3.63, 3.8) is 0 Å². The molecule has 0 unspecified atom stereocenters. The van der Waals surface area contributed by atoms with Gasteiger partial charge in [0.25, 0.3) is 15.9 Å². The Balaban J connectivity index is 1.65. The monoisotopic (exact) mass is 446 g/mol. The molecule has 0 saturated carbocycles. The van der Waals surface area contributed by atoms with Crippen LogP contribution < -0.4 is 19.5 Å². The number of amides is 1. The molecule has 9 heteroatoms. The van der Waals surface area contributed by atoms with E-state index in [1.54, 1.807) is 54.6 Å². The minimum atomic E-state index is -3.84. The van der Waals surface area contributed by atoms with Gasteiger partial charge in [0.2, 0.25) is 0 Å². The second-order valence-corrected chi connectivity index (χ2v) is 8.25. The lowest BCUT2D eigenvalue weighted by Gasteiger charge is -2.12. The highest BCUT2D eigenvalue weighted by Crippen LogP contribution is 2.26. The van der Waals surface area contributed by atoms with Crippen molar-refractivity contribution in [2.24, 2.45) is 0 Å². The third-order valence-corrected chi connectivity index (χ3v) is 5.58. The minimum Gasteiger partial charge on any atom is -0.493 e. The van der Waals surface area contributed by atoms with E-state index in [4.69, 9.17) is 21.1 Å². The Morgan fingerprint density at radius 2 is 1.63 bits per heavy atom. The lowest BCUT2D eigenvalue weighted by atomic mass is 10.3. The summed E-state index contributed by atoms with van der Waals surface area (Å²) in [6, 6.07) is 19.1. The molecule has 3 rings (SSSR count). The van der Waals surface area contributed by atoms with Crippen LogP contribution in [-0.4, -0.2) is 28.0 Å². The number of rotatable bonds is 8. The summed E-state index contributed by atoms with van der Waals surface area (Å²) in [4.78, 5) is 12.2. The van der Waals surface area contributed by atoms with E-state index < -0.39 is 15.9 Å². The van der Waals surface area contributed by atoms with Crippen LogP contribution in [0.1, 0.15) is 0 Å². The Hall–Kier alpha value is -3.23. The van der Waals surface area contributed by atoms with Crippen LogP contribution in [0.3, 0.4) is 0 Å². The molecule has 30 heavy (non-hydrogen) atoms. The number of nitrogens with one attached hydrogen (secondary N) is 2. The number of sulfonamides is 1. The second-order valence-electron chi connectivity index (χ2n) is 6.13. The molecule has 7 nitrogen and oxygen atoms in total. The van der Waals surface area contributed by atoms with Crippen LogP contribution in [0.4, 0.5) is 11.4 Å². The van der Waals surface area contributed by atoms with Gasteiger partial charge in [-0.25, -0.2) is 8.42 Å². The fourth-order valence-corrected chi connectivity index (χ4v) is 3.78. The molecule has 0 saturated heterocycles. The van der Waals surface area contributed by atoms with Crippen molar-refractivity contribution in [2.45, 2.75) is 4.90 Å². The van der Waals surface area contributed by atoms with Gasteiger partial charge in [-0.2, -0.15) is 0 Å². The van der Waals surface area contributed by atoms with E-state index in [-0.39, 0.29) is 11.5 Å².